The molecule has 0 saturated carbocycles. The lowest BCUT2D eigenvalue weighted by Crippen LogP contribution is -2.11. The maximum Gasteiger partial charge on any atom is 0.119 e. The van der Waals surface area contributed by atoms with Gasteiger partial charge in [0.05, 0.1) is 7.11 Å². The standard InChI is InChI=1S/C15H16INO2/c1-18-14-6-8-15(9-7-14)19-11-10-17-13-4-2-12(16)3-5-13/h2-9,17H,10-11H2,1H3. The van der Waals surface area contributed by atoms with Crippen molar-refractivity contribution in [3.8, 4) is 11.5 Å². The summed E-state index contributed by atoms with van der Waals surface area (Å²) in [6.45, 7) is 1.39. The molecule has 0 aliphatic heterocycles. The van der Waals surface area contributed by atoms with E-state index in [1.165, 1.54) is 3.57 Å². The van der Waals surface area contributed by atoms with Gasteiger partial charge in [0.1, 0.15) is 18.1 Å². The van der Waals surface area contributed by atoms with Gasteiger partial charge in [-0.3, -0.25) is 0 Å². The molecular weight excluding hydrogens is 353 g/mol. The van der Waals surface area contributed by atoms with Crippen molar-refractivity contribution in [2.75, 3.05) is 25.6 Å². The van der Waals surface area contributed by atoms with Crippen LogP contribution in [0.2, 0.25) is 0 Å². The molecule has 19 heavy (non-hydrogen) atoms. The molecule has 0 radical (unpaired) electrons. The van der Waals surface area contributed by atoms with Gasteiger partial charge in [-0.15, -0.1) is 0 Å². The molecule has 4 heteroatoms. The van der Waals surface area contributed by atoms with E-state index in [1.54, 1.807) is 7.11 Å². The summed E-state index contributed by atoms with van der Waals surface area (Å²) in [5.74, 6) is 1.69. The van der Waals surface area contributed by atoms with Crippen LogP contribution in [0.3, 0.4) is 0 Å². The Balaban J connectivity index is 1.72. The predicted octanol–water partition coefficient (Wildman–Crippen LogP) is 3.79. The van der Waals surface area contributed by atoms with E-state index in [0.29, 0.717) is 6.61 Å². The third kappa shape index (κ3) is 4.63. The topological polar surface area (TPSA) is 30.5 Å². The molecule has 0 aliphatic carbocycles. The number of ether oxygens (including phenoxy) is 2. The first-order valence-corrected chi connectivity index (χ1v) is 7.12. The molecule has 0 aliphatic rings. The van der Waals surface area contributed by atoms with Gasteiger partial charge in [-0.1, -0.05) is 0 Å². The molecule has 0 fully saturated rings. The van der Waals surface area contributed by atoms with Crippen LogP contribution in [0.15, 0.2) is 48.5 Å². The van der Waals surface area contributed by atoms with E-state index in [-0.39, 0.29) is 0 Å². The SMILES string of the molecule is COc1ccc(OCCNc2ccc(I)cc2)cc1. The second-order valence-electron chi connectivity index (χ2n) is 3.96. The normalized spacial score (nSPS) is 10.0. The molecule has 0 unspecified atom stereocenters. The molecule has 2 rings (SSSR count). The number of anilines is 1. The molecule has 100 valence electrons. The van der Waals surface area contributed by atoms with Crippen LogP contribution in [0.1, 0.15) is 0 Å². The minimum Gasteiger partial charge on any atom is -0.497 e. The lowest BCUT2D eigenvalue weighted by atomic mass is 10.3. The van der Waals surface area contributed by atoms with Gasteiger partial charge >= 0.3 is 0 Å². The highest BCUT2D eigenvalue weighted by Crippen LogP contribution is 2.17. The van der Waals surface area contributed by atoms with Crippen molar-refractivity contribution in [1.29, 1.82) is 0 Å². The van der Waals surface area contributed by atoms with Gasteiger partial charge in [-0.05, 0) is 71.1 Å². The van der Waals surface area contributed by atoms with Gasteiger partial charge in [-0.2, -0.15) is 0 Å². The fourth-order valence-electron chi connectivity index (χ4n) is 1.60. The average Bonchev–Trinajstić information content (AvgIpc) is 2.46. The average molecular weight is 369 g/mol. The highest BCUT2D eigenvalue weighted by Gasteiger charge is 1.95. The van der Waals surface area contributed by atoms with Crippen molar-refractivity contribution in [3.05, 3.63) is 52.1 Å². The largest absolute Gasteiger partial charge is 0.497 e. The number of hydrogen-bond donors (Lipinski definition) is 1. The summed E-state index contributed by atoms with van der Waals surface area (Å²) < 4.78 is 12.0. The van der Waals surface area contributed by atoms with Gasteiger partial charge < -0.3 is 14.8 Å². The van der Waals surface area contributed by atoms with Crippen molar-refractivity contribution in [2.45, 2.75) is 0 Å². The van der Waals surface area contributed by atoms with Gasteiger partial charge in [0, 0.05) is 15.8 Å². The molecular formula is C15H16INO2. The quantitative estimate of drug-likeness (QED) is 0.621. The molecule has 0 bridgehead atoms. The fourth-order valence-corrected chi connectivity index (χ4v) is 1.96. The number of rotatable bonds is 6. The maximum absolute atomic E-state index is 5.63. The molecule has 3 nitrogen and oxygen atoms in total. The molecule has 0 spiro atoms. The van der Waals surface area contributed by atoms with E-state index in [9.17, 15) is 0 Å². The first-order chi connectivity index (χ1) is 9.28. The van der Waals surface area contributed by atoms with Crippen molar-refractivity contribution < 1.29 is 9.47 Å². The summed E-state index contributed by atoms with van der Waals surface area (Å²) in [6, 6.07) is 15.9. The van der Waals surface area contributed by atoms with E-state index in [4.69, 9.17) is 9.47 Å². The first-order valence-electron chi connectivity index (χ1n) is 6.04. The molecule has 2 aromatic rings. The van der Waals surface area contributed by atoms with E-state index in [2.05, 4.69) is 52.2 Å². The molecule has 1 N–H and O–H groups in total. The zero-order valence-electron chi connectivity index (χ0n) is 10.7. The number of hydrogen-bond acceptors (Lipinski definition) is 3. The Kier molecular flexibility index (Phi) is 5.32. The lowest BCUT2D eigenvalue weighted by molar-refractivity contribution is 0.332. The van der Waals surface area contributed by atoms with Crippen LogP contribution < -0.4 is 14.8 Å². The van der Waals surface area contributed by atoms with E-state index >= 15 is 0 Å². The number of methoxy groups -OCH3 is 1. The number of halogens is 1. The summed E-state index contributed by atoms with van der Waals surface area (Å²) in [7, 11) is 1.65. The number of benzene rings is 2. The lowest BCUT2D eigenvalue weighted by Gasteiger charge is -2.09. The molecule has 0 heterocycles. The maximum atomic E-state index is 5.63. The Morgan fingerprint density at radius 2 is 1.58 bits per heavy atom. The highest BCUT2D eigenvalue weighted by atomic mass is 127. The smallest absolute Gasteiger partial charge is 0.119 e. The Morgan fingerprint density at radius 3 is 2.21 bits per heavy atom. The van der Waals surface area contributed by atoms with Crippen LogP contribution in [0.25, 0.3) is 0 Å². The molecule has 2 aromatic carbocycles. The molecule has 0 atom stereocenters. The van der Waals surface area contributed by atoms with Gasteiger partial charge in [0.25, 0.3) is 0 Å². The van der Waals surface area contributed by atoms with Gasteiger partial charge in [0.2, 0.25) is 0 Å². The second-order valence-corrected chi connectivity index (χ2v) is 5.20. The third-order valence-corrected chi connectivity index (χ3v) is 3.32. The van der Waals surface area contributed by atoms with E-state index in [0.717, 1.165) is 23.7 Å². The Bertz CT molecular complexity index is 497. The van der Waals surface area contributed by atoms with Crippen LogP contribution in [0, 0.1) is 3.57 Å². The minimum absolute atomic E-state index is 0.623. The van der Waals surface area contributed by atoms with Crippen molar-refractivity contribution >= 4 is 28.3 Å². The van der Waals surface area contributed by atoms with Crippen molar-refractivity contribution in [3.63, 3.8) is 0 Å². The van der Waals surface area contributed by atoms with Crippen molar-refractivity contribution in [1.82, 2.24) is 0 Å². The minimum atomic E-state index is 0.623. The van der Waals surface area contributed by atoms with Gasteiger partial charge in [0.15, 0.2) is 0 Å². The molecule has 0 aromatic heterocycles. The molecule has 0 amide bonds. The van der Waals surface area contributed by atoms with Gasteiger partial charge in [-0.25, -0.2) is 0 Å². The van der Waals surface area contributed by atoms with Crippen LogP contribution in [-0.2, 0) is 0 Å². The highest BCUT2D eigenvalue weighted by molar-refractivity contribution is 14.1. The zero-order valence-corrected chi connectivity index (χ0v) is 12.9. The van der Waals surface area contributed by atoms with Crippen LogP contribution >= 0.6 is 22.6 Å². The van der Waals surface area contributed by atoms with Crippen LogP contribution in [0.5, 0.6) is 11.5 Å². The van der Waals surface area contributed by atoms with Crippen LogP contribution in [-0.4, -0.2) is 20.3 Å². The summed E-state index contributed by atoms with van der Waals surface area (Å²) in [5, 5.41) is 3.31. The third-order valence-electron chi connectivity index (χ3n) is 2.60. The first kappa shape index (κ1) is 14.0. The Labute approximate surface area is 127 Å². The van der Waals surface area contributed by atoms with E-state index in [1.807, 2.05) is 24.3 Å². The fraction of sp³-hybridized carbons (Fsp3) is 0.200. The molecule has 0 saturated heterocycles. The summed E-state index contributed by atoms with van der Waals surface area (Å²) in [5.41, 5.74) is 1.11. The van der Waals surface area contributed by atoms with Crippen molar-refractivity contribution in [2.24, 2.45) is 0 Å². The predicted molar refractivity (Wildman–Crippen MR) is 86.1 cm³/mol. The summed E-state index contributed by atoms with van der Waals surface area (Å²) in [6.07, 6.45) is 0. The number of nitrogens with one attached hydrogen (secondary N) is 1. The van der Waals surface area contributed by atoms with Crippen LogP contribution in [0.4, 0.5) is 5.69 Å². The zero-order chi connectivity index (χ0) is 13.5. The Hall–Kier alpha value is -1.43. The van der Waals surface area contributed by atoms with E-state index < -0.39 is 0 Å². The second kappa shape index (κ2) is 7.23. The summed E-state index contributed by atoms with van der Waals surface area (Å²) in [4.78, 5) is 0. The summed E-state index contributed by atoms with van der Waals surface area (Å²) >= 11 is 2.29. The monoisotopic (exact) mass is 369 g/mol. The Morgan fingerprint density at radius 1 is 0.947 bits per heavy atom.